The van der Waals surface area contributed by atoms with Gasteiger partial charge in [-0.05, 0) is 25.7 Å². The van der Waals surface area contributed by atoms with Crippen LogP contribution in [0.1, 0.15) is 136 Å². The number of hydrogen-bond donors (Lipinski definition) is 0. The summed E-state index contributed by atoms with van der Waals surface area (Å²) in [5.41, 5.74) is 0. The Hall–Kier alpha value is -0.130. The average molecular weight is 481 g/mol. The highest BCUT2D eigenvalue weighted by Gasteiger charge is 2.14. The standard InChI is InChI=1S/C25H49ClO4S/c1-3-5-7-11-14-18-24(26)19-15-12-9-10-13-17-22-30-31(28,29)23-21-25(27)20-16-8-6-4-2/h24H,3-23H2,1-2H3. The lowest BCUT2D eigenvalue weighted by Crippen LogP contribution is -2.14. The molecular weight excluding hydrogens is 432 g/mol. The topological polar surface area (TPSA) is 60.4 Å². The number of hydrogen-bond acceptors (Lipinski definition) is 4. The van der Waals surface area contributed by atoms with Crippen molar-refractivity contribution >= 4 is 27.5 Å². The summed E-state index contributed by atoms with van der Waals surface area (Å²) >= 11 is 6.41. The third-order valence-electron chi connectivity index (χ3n) is 5.74. The van der Waals surface area contributed by atoms with Crippen molar-refractivity contribution < 1.29 is 17.4 Å². The number of carbonyl (C=O) groups is 1. The molecular formula is C25H49ClO4S. The summed E-state index contributed by atoms with van der Waals surface area (Å²) in [6.45, 7) is 4.59. The molecule has 0 bridgehead atoms. The summed E-state index contributed by atoms with van der Waals surface area (Å²) in [4.78, 5) is 11.8. The lowest BCUT2D eigenvalue weighted by Gasteiger charge is -2.09. The molecule has 0 aliphatic rings. The molecule has 0 amide bonds. The van der Waals surface area contributed by atoms with Crippen molar-refractivity contribution in [3.8, 4) is 0 Å². The second kappa shape index (κ2) is 21.7. The van der Waals surface area contributed by atoms with E-state index < -0.39 is 10.1 Å². The van der Waals surface area contributed by atoms with Gasteiger partial charge < -0.3 is 0 Å². The van der Waals surface area contributed by atoms with Crippen LogP contribution in [0.15, 0.2) is 0 Å². The van der Waals surface area contributed by atoms with Crippen LogP contribution in [0, 0.1) is 0 Å². The maximum atomic E-state index is 11.9. The van der Waals surface area contributed by atoms with E-state index in [1.807, 2.05) is 0 Å². The molecule has 0 radical (unpaired) electrons. The fourth-order valence-corrected chi connectivity index (χ4v) is 4.92. The first kappa shape index (κ1) is 30.9. The number of Topliss-reactive ketones (excluding diaryl/α,β-unsaturated/α-hetero) is 1. The predicted octanol–water partition coefficient (Wildman–Crippen LogP) is 7.96. The van der Waals surface area contributed by atoms with Gasteiger partial charge in [-0.15, -0.1) is 11.6 Å². The summed E-state index contributed by atoms with van der Waals surface area (Å²) in [6, 6.07) is 0. The molecule has 0 N–H and O–H groups in total. The molecule has 0 aliphatic heterocycles. The quantitative estimate of drug-likeness (QED) is 0.0798. The van der Waals surface area contributed by atoms with Gasteiger partial charge in [0, 0.05) is 18.2 Å². The molecule has 31 heavy (non-hydrogen) atoms. The summed E-state index contributed by atoms with van der Waals surface area (Å²) in [7, 11) is -3.57. The molecule has 0 saturated carbocycles. The Labute approximate surface area is 198 Å². The Morgan fingerprint density at radius 3 is 1.77 bits per heavy atom. The maximum absolute atomic E-state index is 11.9. The van der Waals surface area contributed by atoms with Crippen LogP contribution in [0.2, 0.25) is 0 Å². The third-order valence-corrected chi connectivity index (χ3v) is 7.40. The van der Waals surface area contributed by atoms with E-state index in [-0.39, 0.29) is 24.6 Å². The van der Waals surface area contributed by atoms with Gasteiger partial charge in [0.1, 0.15) is 5.78 Å². The fraction of sp³-hybridized carbons (Fsp3) is 0.960. The van der Waals surface area contributed by atoms with Gasteiger partial charge in [-0.2, -0.15) is 8.42 Å². The molecule has 1 unspecified atom stereocenters. The molecule has 0 aromatic carbocycles. The van der Waals surface area contributed by atoms with E-state index in [2.05, 4.69) is 13.8 Å². The largest absolute Gasteiger partial charge is 0.300 e. The van der Waals surface area contributed by atoms with Crippen molar-refractivity contribution in [2.24, 2.45) is 0 Å². The highest BCUT2D eigenvalue weighted by Crippen LogP contribution is 2.18. The van der Waals surface area contributed by atoms with E-state index >= 15 is 0 Å². The zero-order chi connectivity index (χ0) is 23.2. The molecule has 0 aromatic rings. The van der Waals surface area contributed by atoms with Crippen molar-refractivity contribution in [3.05, 3.63) is 0 Å². The van der Waals surface area contributed by atoms with Crippen molar-refractivity contribution in [2.45, 2.75) is 141 Å². The zero-order valence-corrected chi connectivity index (χ0v) is 21.9. The summed E-state index contributed by atoms with van der Waals surface area (Å²) in [5.74, 6) is -0.156. The van der Waals surface area contributed by atoms with Gasteiger partial charge in [-0.1, -0.05) is 97.3 Å². The Kier molecular flexibility index (Phi) is 21.6. The molecule has 0 spiro atoms. The molecule has 186 valence electrons. The van der Waals surface area contributed by atoms with Gasteiger partial charge in [0.15, 0.2) is 0 Å². The molecule has 0 saturated heterocycles. The number of halogens is 1. The van der Waals surface area contributed by atoms with Gasteiger partial charge in [0.2, 0.25) is 0 Å². The number of carbonyl (C=O) groups excluding carboxylic acids is 1. The predicted molar refractivity (Wildman–Crippen MR) is 133 cm³/mol. The molecule has 6 heteroatoms. The van der Waals surface area contributed by atoms with Crippen LogP contribution in [0.4, 0.5) is 0 Å². The molecule has 4 nitrogen and oxygen atoms in total. The molecule has 0 rings (SSSR count). The van der Waals surface area contributed by atoms with Crippen LogP contribution < -0.4 is 0 Å². The first-order valence-corrected chi connectivity index (χ1v) is 15.0. The van der Waals surface area contributed by atoms with Crippen molar-refractivity contribution in [2.75, 3.05) is 12.4 Å². The Balaban J connectivity index is 3.51. The van der Waals surface area contributed by atoms with E-state index in [4.69, 9.17) is 15.8 Å². The Bertz CT molecular complexity index is 508. The number of ketones is 1. The number of unbranched alkanes of at least 4 members (excludes halogenated alkanes) is 12. The Morgan fingerprint density at radius 2 is 1.19 bits per heavy atom. The maximum Gasteiger partial charge on any atom is 0.267 e. The van der Waals surface area contributed by atoms with Gasteiger partial charge in [-0.25, -0.2) is 0 Å². The Morgan fingerprint density at radius 1 is 0.710 bits per heavy atom. The van der Waals surface area contributed by atoms with Crippen LogP contribution in [0.3, 0.4) is 0 Å². The molecule has 0 aromatic heterocycles. The van der Waals surface area contributed by atoms with Gasteiger partial charge >= 0.3 is 0 Å². The lowest BCUT2D eigenvalue weighted by atomic mass is 10.0. The van der Waals surface area contributed by atoms with Crippen LogP contribution in [-0.2, 0) is 19.1 Å². The van der Waals surface area contributed by atoms with E-state index in [9.17, 15) is 13.2 Å². The zero-order valence-electron chi connectivity index (χ0n) is 20.3. The van der Waals surface area contributed by atoms with E-state index in [0.717, 1.165) is 57.8 Å². The van der Waals surface area contributed by atoms with Gasteiger partial charge in [0.05, 0.1) is 12.4 Å². The van der Waals surface area contributed by atoms with Crippen molar-refractivity contribution in [1.82, 2.24) is 0 Å². The van der Waals surface area contributed by atoms with Crippen LogP contribution in [0.25, 0.3) is 0 Å². The molecule has 0 fully saturated rings. The minimum absolute atomic E-state index is 0.0268. The van der Waals surface area contributed by atoms with E-state index in [1.165, 1.54) is 51.4 Å². The first-order valence-electron chi connectivity index (χ1n) is 12.9. The van der Waals surface area contributed by atoms with Crippen molar-refractivity contribution in [1.29, 1.82) is 0 Å². The second-order valence-corrected chi connectivity index (χ2v) is 11.3. The van der Waals surface area contributed by atoms with E-state index in [1.54, 1.807) is 0 Å². The van der Waals surface area contributed by atoms with Gasteiger partial charge in [0.25, 0.3) is 10.1 Å². The SMILES string of the molecule is CCCCCCCC(Cl)CCCCCCCCOS(=O)(=O)CCC(=O)CCCCCC. The summed E-state index contributed by atoms with van der Waals surface area (Å²) in [6.07, 6.45) is 19.9. The summed E-state index contributed by atoms with van der Waals surface area (Å²) in [5, 5.41) is 0.323. The summed E-state index contributed by atoms with van der Waals surface area (Å²) < 4.78 is 28.8. The normalized spacial score (nSPS) is 12.9. The third kappa shape index (κ3) is 22.8. The lowest BCUT2D eigenvalue weighted by molar-refractivity contribution is -0.118. The molecule has 1 atom stereocenters. The highest BCUT2D eigenvalue weighted by atomic mass is 35.5. The minimum Gasteiger partial charge on any atom is -0.300 e. The first-order chi connectivity index (χ1) is 14.9. The second-order valence-electron chi connectivity index (χ2n) is 8.89. The number of alkyl halides is 1. The van der Waals surface area contributed by atoms with Crippen LogP contribution in [-0.4, -0.2) is 31.9 Å². The smallest absolute Gasteiger partial charge is 0.267 e. The van der Waals surface area contributed by atoms with Crippen LogP contribution >= 0.6 is 11.6 Å². The average Bonchev–Trinajstić information content (AvgIpc) is 2.74. The van der Waals surface area contributed by atoms with Crippen molar-refractivity contribution in [3.63, 3.8) is 0 Å². The van der Waals surface area contributed by atoms with E-state index in [0.29, 0.717) is 11.8 Å². The monoisotopic (exact) mass is 480 g/mol. The minimum atomic E-state index is -3.57. The highest BCUT2D eigenvalue weighted by molar-refractivity contribution is 7.86. The van der Waals surface area contributed by atoms with Gasteiger partial charge in [-0.3, -0.25) is 8.98 Å². The molecule has 0 heterocycles. The van der Waals surface area contributed by atoms with Crippen LogP contribution in [0.5, 0.6) is 0 Å². The molecule has 0 aliphatic carbocycles. The number of rotatable bonds is 24. The fourth-order valence-electron chi connectivity index (χ4n) is 3.65.